The van der Waals surface area contributed by atoms with E-state index in [9.17, 15) is 0 Å². The highest BCUT2D eigenvalue weighted by Gasteiger charge is 2.06. The average molecular weight is 239 g/mol. The van der Waals surface area contributed by atoms with Crippen molar-refractivity contribution < 1.29 is 4.74 Å². The van der Waals surface area contributed by atoms with Gasteiger partial charge in [0.1, 0.15) is 11.3 Å². The van der Waals surface area contributed by atoms with Crippen molar-refractivity contribution in [2.75, 3.05) is 12.8 Å². The first kappa shape index (κ1) is 10.3. The van der Waals surface area contributed by atoms with Crippen LogP contribution in [0.4, 0.5) is 5.69 Å². The number of aromatic nitrogens is 2. The second-order valence-corrected chi connectivity index (χ2v) is 4.83. The number of hydrogen-bond acceptors (Lipinski definition) is 6. The molecule has 1 aromatic heterocycles. The summed E-state index contributed by atoms with van der Waals surface area (Å²) in [4.78, 5) is 0.936. The lowest BCUT2D eigenvalue weighted by Gasteiger charge is -2.05. The molecule has 2 N–H and O–H groups in total. The van der Waals surface area contributed by atoms with E-state index in [1.807, 2.05) is 18.2 Å². The Morgan fingerprint density at radius 2 is 2.33 bits per heavy atom. The third-order valence-corrected chi connectivity index (χ3v) is 3.61. The van der Waals surface area contributed by atoms with Crippen LogP contribution in [0.5, 0.6) is 5.75 Å². The van der Waals surface area contributed by atoms with Gasteiger partial charge in [-0.2, -0.15) is 0 Å². The van der Waals surface area contributed by atoms with Crippen LogP contribution < -0.4 is 10.5 Å². The van der Waals surface area contributed by atoms with Gasteiger partial charge in [0.05, 0.1) is 7.11 Å². The van der Waals surface area contributed by atoms with Gasteiger partial charge in [-0.3, -0.25) is 0 Å². The highest BCUT2D eigenvalue weighted by Crippen LogP contribution is 2.34. The first-order chi connectivity index (χ1) is 7.29. The fraction of sp³-hybridized carbons (Fsp3) is 0.111. The van der Waals surface area contributed by atoms with Gasteiger partial charge in [-0.05, 0) is 18.2 Å². The monoisotopic (exact) mass is 239 g/mol. The van der Waals surface area contributed by atoms with Gasteiger partial charge in [-0.25, -0.2) is 0 Å². The molecule has 78 valence electrons. The summed E-state index contributed by atoms with van der Waals surface area (Å²) in [5.74, 6) is 0.788. The Balaban J connectivity index is 2.27. The molecule has 0 aliphatic carbocycles. The molecule has 6 heteroatoms. The van der Waals surface area contributed by atoms with Crippen LogP contribution >= 0.6 is 23.1 Å². The Hall–Kier alpha value is -1.27. The number of nitrogens with zero attached hydrogens (tertiary/aromatic N) is 2. The van der Waals surface area contributed by atoms with Crippen LogP contribution in [-0.2, 0) is 0 Å². The van der Waals surface area contributed by atoms with E-state index in [0.29, 0.717) is 0 Å². The molecule has 0 spiro atoms. The standard InChI is InChI=1S/C9H9N3OS2/c1-13-6-2-3-7(10)8(4-6)15-9-12-11-5-14-9/h2-5H,10H2,1H3. The predicted octanol–water partition coefficient (Wildman–Crippen LogP) is 2.28. The summed E-state index contributed by atoms with van der Waals surface area (Å²) in [6, 6.07) is 5.54. The van der Waals surface area contributed by atoms with Gasteiger partial charge < -0.3 is 10.5 Å². The van der Waals surface area contributed by atoms with E-state index in [-0.39, 0.29) is 0 Å². The molecular formula is C9H9N3OS2. The number of rotatable bonds is 3. The summed E-state index contributed by atoms with van der Waals surface area (Å²) in [6.07, 6.45) is 0. The summed E-state index contributed by atoms with van der Waals surface area (Å²) in [6.45, 7) is 0. The molecule has 0 aliphatic rings. The van der Waals surface area contributed by atoms with Crippen LogP contribution in [0.3, 0.4) is 0 Å². The van der Waals surface area contributed by atoms with Gasteiger partial charge in [0.25, 0.3) is 0 Å². The fourth-order valence-corrected chi connectivity index (χ4v) is 2.54. The molecular weight excluding hydrogens is 230 g/mol. The Morgan fingerprint density at radius 3 is 3.00 bits per heavy atom. The smallest absolute Gasteiger partial charge is 0.178 e. The highest BCUT2D eigenvalue weighted by molar-refractivity contribution is 8.01. The molecule has 0 amide bonds. The van der Waals surface area contributed by atoms with Crippen LogP contribution in [0.1, 0.15) is 0 Å². The number of methoxy groups -OCH3 is 1. The molecule has 0 unspecified atom stereocenters. The van der Waals surface area contributed by atoms with Crippen molar-refractivity contribution in [3.63, 3.8) is 0 Å². The summed E-state index contributed by atoms with van der Waals surface area (Å²) >= 11 is 2.97. The third kappa shape index (κ3) is 2.40. The zero-order valence-electron chi connectivity index (χ0n) is 8.01. The molecule has 0 saturated heterocycles. The van der Waals surface area contributed by atoms with E-state index in [1.54, 1.807) is 12.6 Å². The van der Waals surface area contributed by atoms with Crippen molar-refractivity contribution in [1.82, 2.24) is 10.2 Å². The molecule has 0 aliphatic heterocycles. The molecule has 0 saturated carbocycles. The lowest BCUT2D eigenvalue weighted by Crippen LogP contribution is -1.90. The maximum absolute atomic E-state index is 5.84. The number of ether oxygens (including phenoxy) is 1. The molecule has 4 nitrogen and oxygen atoms in total. The molecule has 1 aromatic carbocycles. The minimum atomic E-state index is 0.719. The Kier molecular flexibility index (Phi) is 3.08. The van der Waals surface area contributed by atoms with Gasteiger partial charge >= 0.3 is 0 Å². The average Bonchev–Trinajstić information content (AvgIpc) is 2.74. The van der Waals surface area contributed by atoms with E-state index in [1.165, 1.54) is 23.1 Å². The topological polar surface area (TPSA) is 61.0 Å². The molecule has 15 heavy (non-hydrogen) atoms. The second-order valence-electron chi connectivity index (χ2n) is 2.71. The molecule has 0 radical (unpaired) electrons. The minimum Gasteiger partial charge on any atom is -0.497 e. The maximum atomic E-state index is 5.84. The molecule has 2 rings (SSSR count). The first-order valence-corrected chi connectivity index (χ1v) is 5.87. The number of hydrogen-bond donors (Lipinski definition) is 1. The number of nitrogen functional groups attached to an aromatic ring is 1. The fourth-order valence-electron chi connectivity index (χ4n) is 1.03. The van der Waals surface area contributed by atoms with Gasteiger partial charge in [0.2, 0.25) is 0 Å². The van der Waals surface area contributed by atoms with Crippen LogP contribution in [0.25, 0.3) is 0 Å². The quantitative estimate of drug-likeness (QED) is 0.833. The predicted molar refractivity (Wildman–Crippen MR) is 61.4 cm³/mol. The molecule has 0 atom stereocenters. The molecule has 1 heterocycles. The van der Waals surface area contributed by atoms with Crippen LogP contribution in [-0.4, -0.2) is 17.3 Å². The summed E-state index contributed by atoms with van der Waals surface area (Å²) < 4.78 is 6.00. The first-order valence-electron chi connectivity index (χ1n) is 4.17. The third-order valence-electron chi connectivity index (χ3n) is 1.76. The highest BCUT2D eigenvalue weighted by atomic mass is 32.2. The van der Waals surface area contributed by atoms with E-state index >= 15 is 0 Å². The van der Waals surface area contributed by atoms with Crippen LogP contribution in [0, 0.1) is 0 Å². The van der Waals surface area contributed by atoms with Gasteiger partial charge in [-0.15, -0.1) is 10.2 Å². The summed E-state index contributed by atoms with van der Waals surface area (Å²) in [7, 11) is 1.63. The zero-order valence-corrected chi connectivity index (χ0v) is 9.64. The summed E-state index contributed by atoms with van der Waals surface area (Å²) in [5.41, 5.74) is 8.25. The van der Waals surface area contributed by atoms with Crippen molar-refractivity contribution in [3.8, 4) is 5.75 Å². The van der Waals surface area contributed by atoms with Crippen LogP contribution in [0.15, 0.2) is 32.9 Å². The lowest BCUT2D eigenvalue weighted by molar-refractivity contribution is 0.414. The van der Waals surface area contributed by atoms with Crippen molar-refractivity contribution in [2.24, 2.45) is 0 Å². The molecule has 0 bridgehead atoms. The zero-order chi connectivity index (χ0) is 10.7. The largest absolute Gasteiger partial charge is 0.497 e. The van der Waals surface area contributed by atoms with Crippen molar-refractivity contribution in [1.29, 1.82) is 0 Å². The molecule has 0 fully saturated rings. The van der Waals surface area contributed by atoms with E-state index < -0.39 is 0 Å². The Morgan fingerprint density at radius 1 is 1.47 bits per heavy atom. The Bertz CT molecular complexity index is 445. The maximum Gasteiger partial charge on any atom is 0.178 e. The number of nitrogens with two attached hydrogens (primary N) is 1. The van der Waals surface area contributed by atoms with Crippen molar-refractivity contribution >= 4 is 28.8 Å². The second kappa shape index (κ2) is 4.50. The Labute approximate surface area is 95.5 Å². The van der Waals surface area contributed by atoms with Crippen molar-refractivity contribution in [2.45, 2.75) is 9.24 Å². The number of benzene rings is 1. The minimum absolute atomic E-state index is 0.719. The summed E-state index contributed by atoms with van der Waals surface area (Å²) in [5, 5.41) is 7.71. The van der Waals surface area contributed by atoms with E-state index in [0.717, 1.165) is 20.7 Å². The van der Waals surface area contributed by atoms with E-state index in [4.69, 9.17) is 10.5 Å². The van der Waals surface area contributed by atoms with Gasteiger partial charge in [-0.1, -0.05) is 23.1 Å². The van der Waals surface area contributed by atoms with Gasteiger partial charge in [0, 0.05) is 10.6 Å². The molecule has 2 aromatic rings. The number of anilines is 1. The lowest BCUT2D eigenvalue weighted by atomic mass is 10.3. The van der Waals surface area contributed by atoms with E-state index in [2.05, 4.69) is 10.2 Å². The SMILES string of the molecule is COc1ccc(N)c(Sc2nncs2)c1. The van der Waals surface area contributed by atoms with Crippen LogP contribution in [0.2, 0.25) is 0 Å². The normalized spacial score (nSPS) is 10.2. The van der Waals surface area contributed by atoms with Crippen molar-refractivity contribution in [3.05, 3.63) is 23.7 Å². The van der Waals surface area contributed by atoms with Gasteiger partial charge in [0.15, 0.2) is 4.34 Å².